The first kappa shape index (κ1) is 17.8. The Labute approximate surface area is 150 Å². The van der Waals surface area contributed by atoms with Gasteiger partial charge < -0.3 is 28.8 Å². The molecular formula is C17H17BN2O6. The summed E-state index contributed by atoms with van der Waals surface area (Å²) >= 11 is 0. The molecule has 0 saturated carbocycles. The van der Waals surface area contributed by atoms with Crippen molar-refractivity contribution >= 4 is 12.6 Å². The van der Waals surface area contributed by atoms with E-state index in [9.17, 15) is 0 Å². The quantitative estimate of drug-likeness (QED) is 0.633. The van der Waals surface area contributed by atoms with E-state index in [-0.39, 0.29) is 5.89 Å². The smallest absolute Gasteiger partial charge is 0.488 e. The van der Waals surface area contributed by atoms with Crippen LogP contribution in [0.25, 0.3) is 22.8 Å². The summed E-state index contributed by atoms with van der Waals surface area (Å²) in [7, 11) is 3.05. The molecule has 0 spiro atoms. The van der Waals surface area contributed by atoms with Gasteiger partial charge in [0.1, 0.15) is 0 Å². The molecule has 134 valence electrons. The second-order valence-electron chi connectivity index (χ2n) is 5.33. The van der Waals surface area contributed by atoms with E-state index < -0.39 is 7.12 Å². The molecule has 1 aromatic heterocycles. The van der Waals surface area contributed by atoms with Crippen LogP contribution in [0, 0.1) is 0 Å². The second kappa shape index (κ2) is 7.46. The van der Waals surface area contributed by atoms with Gasteiger partial charge in [-0.25, -0.2) is 0 Å². The molecule has 0 radical (unpaired) electrons. The number of nitrogens with zero attached hydrogens (tertiary/aromatic N) is 2. The van der Waals surface area contributed by atoms with E-state index in [0.29, 0.717) is 39.7 Å². The number of ether oxygens (including phenoxy) is 3. The Morgan fingerprint density at radius 1 is 0.885 bits per heavy atom. The number of rotatable bonds is 6. The van der Waals surface area contributed by atoms with E-state index in [0.717, 1.165) is 0 Å². The van der Waals surface area contributed by atoms with Gasteiger partial charge in [0.2, 0.25) is 11.6 Å². The van der Waals surface area contributed by atoms with Crippen LogP contribution in [0.2, 0.25) is 0 Å². The van der Waals surface area contributed by atoms with Gasteiger partial charge >= 0.3 is 7.12 Å². The van der Waals surface area contributed by atoms with Gasteiger partial charge in [0.25, 0.3) is 5.89 Å². The van der Waals surface area contributed by atoms with Crippen molar-refractivity contribution in [2.75, 3.05) is 21.3 Å². The zero-order valence-electron chi connectivity index (χ0n) is 14.5. The van der Waals surface area contributed by atoms with Gasteiger partial charge in [-0.3, -0.25) is 0 Å². The maximum Gasteiger partial charge on any atom is 0.488 e. The van der Waals surface area contributed by atoms with Gasteiger partial charge in [-0.05, 0) is 17.6 Å². The first-order valence-corrected chi connectivity index (χ1v) is 7.68. The third kappa shape index (κ3) is 3.35. The number of methoxy groups -OCH3 is 3. The van der Waals surface area contributed by atoms with Crippen LogP contribution in [0.15, 0.2) is 40.9 Å². The van der Waals surface area contributed by atoms with Crippen LogP contribution in [0.1, 0.15) is 0 Å². The molecule has 3 rings (SSSR count). The maximum atomic E-state index is 9.15. The maximum absolute atomic E-state index is 9.15. The highest BCUT2D eigenvalue weighted by Crippen LogP contribution is 2.41. The lowest BCUT2D eigenvalue weighted by Gasteiger charge is -2.12. The van der Waals surface area contributed by atoms with Gasteiger partial charge in [0, 0.05) is 11.1 Å². The number of benzene rings is 2. The lowest BCUT2D eigenvalue weighted by molar-refractivity contribution is 0.324. The topological polar surface area (TPSA) is 107 Å². The summed E-state index contributed by atoms with van der Waals surface area (Å²) in [5.74, 6) is 2.07. The summed E-state index contributed by atoms with van der Waals surface area (Å²) in [4.78, 5) is 4.38. The Bertz CT molecular complexity index is 870. The molecule has 26 heavy (non-hydrogen) atoms. The molecular weight excluding hydrogens is 339 g/mol. The van der Waals surface area contributed by atoms with Crippen LogP contribution < -0.4 is 19.7 Å². The van der Waals surface area contributed by atoms with Gasteiger partial charge in [-0.15, -0.1) is 0 Å². The zero-order valence-corrected chi connectivity index (χ0v) is 14.5. The minimum Gasteiger partial charge on any atom is -0.493 e. The molecule has 0 aliphatic rings. The third-order valence-electron chi connectivity index (χ3n) is 3.80. The Morgan fingerprint density at radius 2 is 1.50 bits per heavy atom. The molecule has 9 heteroatoms. The second-order valence-corrected chi connectivity index (χ2v) is 5.33. The van der Waals surface area contributed by atoms with Crippen molar-refractivity contribution in [3.05, 3.63) is 36.4 Å². The van der Waals surface area contributed by atoms with E-state index >= 15 is 0 Å². The highest BCUT2D eigenvalue weighted by Gasteiger charge is 2.18. The summed E-state index contributed by atoms with van der Waals surface area (Å²) in [6.07, 6.45) is 0. The van der Waals surface area contributed by atoms with E-state index in [1.807, 2.05) is 0 Å². The summed E-state index contributed by atoms with van der Waals surface area (Å²) in [5.41, 5.74) is 1.67. The van der Waals surface area contributed by atoms with E-state index in [2.05, 4.69) is 10.1 Å². The fraction of sp³-hybridized carbons (Fsp3) is 0.176. The van der Waals surface area contributed by atoms with Crippen LogP contribution in [-0.4, -0.2) is 48.6 Å². The van der Waals surface area contributed by atoms with Crippen molar-refractivity contribution in [2.24, 2.45) is 0 Å². The summed E-state index contributed by atoms with van der Waals surface area (Å²) in [6.45, 7) is 0. The number of aromatic nitrogens is 2. The highest BCUT2D eigenvalue weighted by molar-refractivity contribution is 6.58. The largest absolute Gasteiger partial charge is 0.493 e. The van der Waals surface area contributed by atoms with Gasteiger partial charge in [-0.2, -0.15) is 4.98 Å². The van der Waals surface area contributed by atoms with Crippen LogP contribution in [0.4, 0.5) is 0 Å². The van der Waals surface area contributed by atoms with Crippen molar-refractivity contribution in [2.45, 2.75) is 0 Å². The molecule has 1 heterocycles. The lowest BCUT2D eigenvalue weighted by Crippen LogP contribution is -2.29. The predicted octanol–water partition coefficient (Wildman–Crippen LogP) is 1.11. The monoisotopic (exact) mass is 356 g/mol. The fourth-order valence-corrected chi connectivity index (χ4v) is 2.47. The molecule has 0 aliphatic carbocycles. The van der Waals surface area contributed by atoms with E-state index in [1.165, 1.54) is 21.3 Å². The summed E-state index contributed by atoms with van der Waals surface area (Å²) in [5, 5.41) is 22.3. The molecule has 8 nitrogen and oxygen atoms in total. The minimum atomic E-state index is -1.52. The van der Waals surface area contributed by atoms with Crippen molar-refractivity contribution in [1.82, 2.24) is 10.1 Å². The van der Waals surface area contributed by atoms with E-state index in [1.54, 1.807) is 36.4 Å². The number of hydrogen-bond donors (Lipinski definition) is 2. The van der Waals surface area contributed by atoms with E-state index in [4.69, 9.17) is 28.8 Å². The highest BCUT2D eigenvalue weighted by atomic mass is 16.5. The normalized spacial score (nSPS) is 10.5. The van der Waals surface area contributed by atoms with Gasteiger partial charge in [0.05, 0.1) is 21.3 Å². The Kier molecular flexibility index (Phi) is 5.10. The fourth-order valence-electron chi connectivity index (χ4n) is 2.47. The molecule has 0 fully saturated rings. The van der Waals surface area contributed by atoms with Crippen molar-refractivity contribution in [1.29, 1.82) is 0 Å². The number of hydrogen-bond acceptors (Lipinski definition) is 8. The molecule has 0 unspecified atom stereocenters. The minimum absolute atomic E-state index is 0.283. The molecule has 2 aromatic carbocycles. The summed E-state index contributed by atoms with van der Waals surface area (Å²) in [6, 6.07) is 9.94. The lowest BCUT2D eigenvalue weighted by atomic mass is 9.80. The molecule has 0 bridgehead atoms. The van der Waals surface area contributed by atoms with Crippen molar-refractivity contribution in [3.8, 4) is 40.1 Å². The van der Waals surface area contributed by atoms with Gasteiger partial charge in [-0.1, -0.05) is 29.4 Å². The van der Waals surface area contributed by atoms with Crippen LogP contribution >= 0.6 is 0 Å². The molecule has 0 saturated heterocycles. The standard InChI is InChI=1S/C17H17BN2O6/c1-23-13-8-11(9-14(24-2)15(13)25-3)17-19-16(20-26-17)10-4-6-12(7-5-10)18(21)22/h4-9,21-22H,1-3H3. The van der Waals surface area contributed by atoms with Crippen LogP contribution in [0.5, 0.6) is 17.2 Å². The average molecular weight is 356 g/mol. The molecule has 0 aliphatic heterocycles. The molecule has 2 N–H and O–H groups in total. The molecule has 3 aromatic rings. The Balaban J connectivity index is 1.97. The first-order chi connectivity index (χ1) is 12.6. The Hall–Kier alpha value is -3.04. The van der Waals surface area contributed by atoms with Crippen molar-refractivity contribution < 1.29 is 28.8 Å². The molecule has 0 amide bonds. The predicted molar refractivity (Wildman–Crippen MR) is 94.7 cm³/mol. The Morgan fingerprint density at radius 3 is 2.00 bits per heavy atom. The first-order valence-electron chi connectivity index (χ1n) is 7.68. The zero-order chi connectivity index (χ0) is 18.7. The van der Waals surface area contributed by atoms with Crippen LogP contribution in [-0.2, 0) is 0 Å². The van der Waals surface area contributed by atoms with Gasteiger partial charge in [0.15, 0.2) is 11.5 Å². The third-order valence-corrected chi connectivity index (χ3v) is 3.80. The average Bonchev–Trinajstić information content (AvgIpc) is 3.17. The van der Waals surface area contributed by atoms with Crippen LogP contribution in [0.3, 0.4) is 0 Å². The summed E-state index contributed by atoms with van der Waals surface area (Å²) < 4.78 is 21.3. The SMILES string of the molecule is COc1cc(-c2nc(-c3ccc(B(O)O)cc3)no2)cc(OC)c1OC. The van der Waals surface area contributed by atoms with Crippen molar-refractivity contribution in [3.63, 3.8) is 0 Å². The molecule has 0 atom stereocenters.